The lowest BCUT2D eigenvalue weighted by Crippen LogP contribution is -2.29. The normalized spacial score (nSPS) is 10.3. The molecule has 0 amide bonds. The van der Waals surface area contributed by atoms with Crippen LogP contribution in [0.3, 0.4) is 0 Å². The van der Waals surface area contributed by atoms with E-state index in [4.69, 9.17) is 16.3 Å². The van der Waals surface area contributed by atoms with Crippen molar-refractivity contribution < 1.29 is 4.74 Å². The molecule has 0 aliphatic carbocycles. The lowest BCUT2D eigenvalue weighted by atomic mass is 10.3. The molecule has 0 spiro atoms. The van der Waals surface area contributed by atoms with E-state index in [0.29, 0.717) is 12.5 Å². The Morgan fingerprint density at radius 3 is 2.73 bits per heavy atom. The average molecular weight is 229 g/mol. The molecule has 0 aromatic carbocycles. The van der Waals surface area contributed by atoms with Crippen LogP contribution in [0, 0.1) is 6.92 Å². The van der Waals surface area contributed by atoms with Gasteiger partial charge in [0.25, 0.3) is 0 Å². The van der Waals surface area contributed by atoms with Gasteiger partial charge >= 0.3 is 0 Å². The van der Waals surface area contributed by atoms with Gasteiger partial charge in [0.2, 0.25) is 0 Å². The van der Waals surface area contributed by atoms with Crippen molar-refractivity contribution in [3.63, 3.8) is 0 Å². The standard InChI is InChI=1S/C11H17ClN2O/c1-10-3-4-11(13-9-10)14(6-5-12)7-8-15-2/h3-4,9H,5-8H2,1-2H3. The molecule has 0 radical (unpaired) electrons. The molecule has 0 bridgehead atoms. The topological polar surface area (TPSA) is 25.4 Å². The minimum Gasteiger partial charge on any atom is -0.383 e. The van der Waals surface area contributed by atoms with E-state index >= 15 is 0 Å². The van der Waals surface area contributed by atoms with Crippen LogP contribution in [0.25, 0.3) is 0 Å². The fraction of sp³-hybridized carbons (Fsp3) is 0.545. The maximum Gasteiger partial charge on any atom is 0.128 e. The SMILES string of the molecule is COCCN(CCCl)c1ccc(C)cn1. The van der Waals surface area contributed by atoms with Crippen LogP contribution in [0.15, 0.2) is 18.3 Å². The summed E-state index contributed by atoms with van der Waals surface area (Å²) in [6, 6.07) is 4.06. The lowest BCUT2D eigenvalue weighted by Gasteiger charge is -2.22. The first-order chi connectivity index (χ1) is 7.27. The van der Waals surface area contributed by atoms with Crippen LogP contribution >= 0.6 is 11.6 Å². The van der Waals surface area contributed by atoms with Crippen LogP contribution in [0.2, 0.25) is 0 Å². The number of aromatic nitrogens is 1. The Bertz CT molecular complexity index is 276. The summed E-state index contributed by atoms with van der Waals surface area (Å²) >= 11 is 5.75. The number of hydrogen-bond donors (Lipinski definition) is 0. The summed E-state index contributed by atoms with van der Waals surface area (Å²) in [5, 5.41) is 0. The first kappa shape index (κ1) is 12.3. The fourth-order valence-electron chi connectivity index (χ4n) is 1.29. The number of rotatable bonds is 6. The summed E-state index contributed by atoms with van der Waals surface area (Å²) < 4.78 is 5.05. The number of nitrogens with zero attached hydrogens (tertiary/aromatic N) is 2. The molecular weight excluding hydrogens is 212 g/mol. The maximum absolute atomic E-state index is 5.75. The Labute approximate surface area is 96.0 Å². The van der Waals surface area contributed by atoms with Crippen molar-refractivity contribution in [2.45, 2.75) is 6.92 Å². The Morgan fingerprint density at radius 2 is 2.20 bits per heavy atom. The molecule has 0 saturated carbocycles. The van der Waals surface area contributed by atoms with Crippen LogP contribution in [-0.4, -0.2) is 37.7 Å². The third-order valence-electron chi connectivity index (χ3n) is 2.14. The molecule has 84 valence electrons. The van der Waals surface area contributed by atoms with Crippen molar-refractivity contribution >= 4 is 17.4 Å². The molecule has 0 atom stereocenters. The number of hydrogen-bond acceptors (Lipinski definition) is 3. The molecule has 0 aliphatic heterocycles. The smallest absolute Gasteiger partial charge is 0.128 e. The fourth-order valence-corrected chi connectivity index (χ4v) is 1.50. The highest BCUT2D eigenvalue weighted by molar-refractivity contribution is 6.18. The second kappa shape index (κ2) is 6.64. The number of pyridine rings is 1. The van der Waals surface area contributed by atoms with Crippen molar-refractivity contribution in [3.05, 3.63) is 23.9 Å². The van der Waals surface area contributed by atoms with Gasteiger partial charge in [-0.2, -0.15) is 0 Å². The van der Waals surface area contributed by atoms with Crippen LogP contribution in [0.4, 0.5) is 5.82 Å². The van der Waals surface area contributed by atoms with Gasteiger partial charge in [0.15, 0.2) is 0 Å². The highest BCUT2D eigenvalue weighted by Crippen LogP contribution is 2.10. The first-order valence-corrected chi connectivity index (χ1v) is 5.54. The highest BCUT2D eigenvalue weighted by atomic mass is 35.5. The molecular formula is C11H17ClN2O. The minimum atomic E-state index is 0.596. The van der Waals surface area contributed by atoms with Crippen LogP contribution in [0.5, 0.6) is 0 Å². The van der Waals surface area contributed by atoms with Gasteiger partial charge in [0, 0.05) is 32.3 Å². The number of ether oxygens (including phenoxy) is 1. The monoisotopic (exact) mass is 228 g/mol. The second-order valence-corrected chi connectivity index (χ2v) is 3.74. The van der Waals surface area contributed by atoms with Crippen molar-refractivity contribution in [2.24, 2.45) is 0 Å². The summed E-state index contributed by atoms with van der Waals surface area (Å²) in [6.45, 7) is 4.32. The highest BCUT2D eigenvalue weighted by Gasteiger charge is 2.05. The summed E-state index contributed by atoms with van der Waals surface area (Å²) in [6.07, 6.45) is 1.86. The molecule has 3 nitrogen and oxygen atoms in total. The Morgan fingerprint density at radius 1 is 1.40 bits per heavy atom. The van der Waals surface area contributed by atoms with Crippen molar-refractivity contribution in [1.82, 2.24) is 4.98 Å². The zero-order chi connectivity index (χ0) is 11.1. The largest absolute Gasteiger partial charge is 0.383 e. The molecule has 1 aromatic heterocycles. The van der Waals surface area contributed by atoms with Crippen molar-refractivity contribution in [3.8, 4) is 0 Å². The van der Waals surface area contributed by atoms with Gasteiger partial charge < -0.3 is 9.64 Å². The Balaban J connectivity index is 2.65. The van der Waals surface area contributed by atoms with Gasteiger partial charge in [-0.15, -0.1) is 11.6 Å². The molecule has 4 heteroatoms. The maximum atomic E-state index is 5.75. The van der Waals surface area contributed by atoms with Crippen LogP contribution < -0.4 is 4.90 Å². The van der Waals surface area contributed by atoms with E-state index < -0.39 is 0 Å². The van der Waals surface area contributed by atoms with Gasteiger partial charge in [0.05, 0.1) is 6.61 Å². The molecule has 1 rings (SSSR count). The van der Waals surface area contributed by atoms with E-state index in [1.165, 1.54) is 0 Å². The Hall–Kier alpha value is -0.800. The number of methoxy groups -OCH3 is 1. The first-order valence-electron chi connectivity index (χ1n) is 5.00. The number of aryl methyl sites for hydroxylation is 1. The van der Waals surface area contributed by atoms with Crippen molar-refractivity contribution in [2.75, 3.05) is 37.6 Å². The summed E-state index contributed by atoms with van der Waals surface area (Å²) in [4.78, 5) is 6.48. The third-order valence-corrected chi connectivity index (χ3v) is 2.31. The molecule has 0 aliphatic rings. The molecule has 1 heterocycles. The van der Waals surface area contributed by atoms with E-state index in [1.807, 2.05) is 19.2 Å². The van der Waals surface area contributed by atoms with E-state index in [0.717, 1.165) is 24.5 Å². The third kappa shape index (κ3) is 4.06. The molecule has 0 N–H and O–H groups in total. The lowest BCUT2D eigenvalue weighted by molar-refractivity contribution is 0.205. The molecule has 0 saturated heterocycles. The number of anilines is 1. The van der Waals surface area contributed by atoms with E-state index in [1.54, 1.807) is 7.11 Å². The quantitative estimate of drug-likeness (QED) is 0.698. The van der Waals surface area contributed by atoms with E-state index in [9.17, 15) is 0 Å². The molecule has 0 unspecified atom stereocenters. The number of alkyl halides is 1. The van der Waals surface area contributed by atoms with Gasteiger partial charge in [-0.1, -0.05) is 6.07 Å². The Kier molecular flexibility index (Phi) is 5.43. The van der Waals surface area contributed by atoms with Gasteiger partial charge in [-0.25, -0.2) is 4.98 Å². The van der Waals surface area contributed by atoms with Crippen LogP contribution in [-0.2, 0) is 4.74 Å². The van der Waals surface area contributed by atoms with Crippen LogP contribution in [0.1, 0.15) is 5.56 Å². The zero-order valence-corrected chi connectivity index (χ0v) is 10.00. The van der Waals surface area contributed by atoms with Gasteiger partial charge in [-0.3, -0.25) is 0 Å². The van der Waals surface area contributed by atoms with E-state index in [-0.39, 0.29) is 0 Å². The minimum absolute atomic E-state index is 0.596. The predicted octanol–water partition coefficient (Wildman–Crippen LogP) is 2.08. The summed E-state index contributed by atoms with van der Waals surface area (Å²) in [5.74, 6) is 1.55. The summed E-state index contributed by atoms with van der Waals surface area (Å²) in [5.41, 5.74) is 1.16. The zero-order valence-electron chi connectivity index (χ0n) is 9.24. The van der Waals surface area contributed by atoms with E-state index in [2.05, 4.69) is 16.0 Å². The average Bonchev–Trinajstić information content (AvgIpc) is 2.25. The predicted molar refractivity (Wildman–Crippen MR) is 63.8 cm³/mol. The molecule has 15 heavy (non-hydrogen) atoms. The summed E-state index contributed by atoms with van der Waals surface area (Å²) in [7, 11) is 1.70. The molecule has 0 fully saturated rings. The second-order valence-electron chi connectivity index (χ2n) is 3.36. The van der Waals surface area contributed by atoms with Gasteiger partial charge in [0.1, 0.15) is 5.82 Å². The number of halogens is 1. The van der Waals surface area contributed by atoms with Crippen molar-refractivity contribution in [1.29, 1.82) is 0 Å². The van der Waals surface area contributed by atoms with Gasteiger partial charge in [-0.05, 0) is 18.6 Å². The molecule has 1 aromatic rings.